The molecule has 1 unspecified atom stereocenters. The number of carbonyl (C=O) groups excluding carboxylic acids is 1. The number of carbonyl (C=O) groups is 1. The van der Waals surface area contributed by atoms with Crippen molar-refractivity contribution in [1.29, 1.82) is 0 Å². The Balaban J connectivity index is 1.22. The van der Waals surface area contributed by atoms with Gasteiger partial charge in [0.05, 0.1) is 5.92 Å². The number of nitrogens with one attached hydrogen (secondary N) is 1. The second kappa shape index (κ2) is 11.4. The maximum absolute atomic E-state index is 12.8. The quantitative estimate of drug-likeness (QED) is 0.713. The molecular weight excluding hydrogens is 382 g/mol. The van der Waals surface area contributed by atoms with Crippen molar-refractivity contribution in [2.75, 3.05) is 26.2 Å². The molecule has 0 radical (unpaired) electrons. The number of nitrogens with zero attached hydrogens (tertiary/aromatic N) is 2. The van der Waals surface area contributed by atoms with E-state index < -0.39 is 0 Å². The molecule has 2 heterocycles. The van der Waals surface area contributed by atoms with Crippen LogP contribution >= 0.6 is 0 Å². The summed E-state index contributed by atoms with van der Waals surface area (Å²) in [5.74, 6) is 0.297. The van der Waals surface area contributed by atoms with E-state index in [0.717, 1.165) is 39.0 Å². The molecule has 1 N–H and O–H groups in total. The fourth-order valence-electron chi connectivity index (χ4n) is 4.90. The molecule has 0 aromatic heterocycles. The smallest absolute Gasteiger partial charge is 0.224 e. The van der Waals surface area contributed by atoms with Crippen molar-refractivity contribution in [1.82, 2.24) is 15.1 Å². The highest BCUT2D eigenvalue weighted by Gasteiger charge is 2.25. The van der Waals surface area contributed by atoms with Crippen LogP contribution in [0.5, 0.6) is 0 Å². The van der Waals surface area contributed by atoms with Gasteiger partial charge in [-0.05, 0) is 62.0 Å². The van der Waals surface area contributed by atoms with Crippen molar-refractivity contribution in [3.8, 4) is 0 Å². The minimum Gasteiger partial charge on any atom is -0.352 e. The van der Waals surface area contributed by atoms with Crippen LogP contribution in [0.15, 0.2) is 54.6 Å². The van der Waals surface area contributed by atoms with Crippen LogP contribution in [0.3, 0.4) is 0 Å². The van der Waals surface area contributed by atoms with E-state index in [9.17, 15) is 4.79 Å². The second-order valence-corrected chi connectivity index (χ2v) is 9.28. The molecule has 4 rings (SSSR count). The van der Waals surface area contributed by atoms with Crippen LogP contribution in [-0.2, 0) is 24.4 Å². The van der Waals surface area contributed by atoms with Crippen molar-refractivity contribution in [2.45, 2.75) is 58.2 Å². The third-order valence-corrected chi connectivity index (χ3v) is 6.72. The maximum Gasteiger partial charge on any atom is 0.224 e. The first kappa shape index (κ1) is 22.0. The highest BCUT2D eigenvalue weighted by molar-refractivity contribution is 5.79. The summed E-state index contributed by atoms with van der Waals surface area (Å²) in [6.45, 7) is 6.99. The van der Waals surface area contributed by atoms with E-state index in [-0.39, 0.29) is 11.8 Å². The van der Waals surface area contributed by atoms with Crippen molar-refractivity contribution in [3.63, 3.8) is 0 Å². The van der Waals surface area contributed by atoms with Gasteiger partial charge in [-0.1, -0.05) is 67.4 Å². The van der Waals surface area contributed by atoms with Gasteiger partial charge in [-0.15, -0.1) is 0 Å². The van der Waals surface area contributed by atoms with Crippen LogP contribution in [0.25, 0.3) is 0 Å². The summed E-state index contributed by atoms with van der Waals surface area (Å²) in [7, 11) is 0. The van der Waals surface area contributed by atoms with Gasteiger partial charge < -0.3 is 5.32 Å². The monoisotopic (exact) mass is 419 g/mol. The van der Waals surface area contributed by atoms with Gasteiger partial charge in [0.25, 0.3) is 0 Å². The van der Waals surface area contributed by atoms with Gasteiger partial charge in [-0.3, -0.25) is 14.6 Å². The standard InChI is InChI=1S/C27H37N3O/c31-27(26-11-8-18-30(22-26)21-24-9-4-3-5-10-24)28-19-23-12-14-25(15-13-23)20-29-16-6-1-2-7-17-29/h3-5,9-10,12-15,26H,1-2,6-8,11,16-22H2,(H,28,31). The fraction of sp³-hybridized carbons (Fsp3) is 0.519. The summed E-state index contributed by atoms with van der Waals surface area (Å²) >= 11 is 0. The number of amides is 1. The number of rotatable bonds is 7. The van der Waals surface area contributed by atoms with Crippen molar-refractivity contribution in [3.05, 3.63) is 71.3 Å². The molecule has 2 aromatic carbocycles. The van der Waals surface area contributed by atoms with Crippen LogP contribution < -0.4 is 5.32 Å². The summed E-state index contributed by atoms with van der Waals surface area (Å²) in [5, 5.41) is 3.19. The zero-order chi connectivity index (χ0) is 21.3. The molecule has 2 fully saturated rings. The molecule has 4 heteroatoms. The maximum atomic E-state index is 12.8. The first-order chi connectivity index (χ1) is 15.3. The number of benzene rings is 2. The van der Waals surface area contributed by atoms with Crippen molar-refractivity contribution < 1.29 is 4.79 Å². The van der Waals surface area contributed by atoms with E-state index >= 15 is 0 Å². The zero-order valence-corrected chi connectivity index (χ0v) is 18.8. The lowest BCUT2D eigenvalue weighted by Gasteiger charge is -2.32. The Labute approximate surface area is 187 Å². The van der Waals surface area contributed by atoms with Gasteiger partial charge in [0.15, 0.2) is 0 Å². The molecule has 2 aliphatic rings. The highest BCUT2D eigenvalue weighted by atomic mass is 16.1. The van der Waals surface area contributed by atoms with Gasteiger partial charge in [-0.25, -0.2) is 0 Å². The average Bonchev–Trinajstić information content (AvgIpc) is 3.08. The molecule has 2 saturated heterocycles. The van der Waals surface area contributed by atoms with E-state index in [1.165, 1.54) is 55.5 Å². The van der Waals surface area contributed by atoms with Crippen LogP contribution in [0.1, 0.15) is 55.2 Å². The molecule has 166 valence electrons. The third-order valence-electron chi connectivity index (χ3n) is 6.72. The summed E-state index contributed by atoms with van der Waals surface area (Å²) in [6, 6.07) is 19.4. The largest absolute Gasteiger partial charge is 0.352 e. The number of hydrogen-bond donors (Lipinski definition) is 1. The predicted molar refractivity (Wildman–Crippen MR) is 126 cm³/mol. The van der Waals surface area contributed by atoms with Gasteiger partial charge >= 0.3 is 0 Å². The molecule has 4 nitrogen and oxygen atoms in total. The van der Waals surface area contributed by atoms with E-state index in [1.54, 1.807) is 0 Å². The zero-order valence-electron chi connectivity index (χ0n) is 18.8. The second-order valence-electron chi connectivity index (χ2n) is 9.28. The first-order valence-corrected chi connectivity index (χ1v) is 12.1. The van der Waals surface area contributed by atoms with Gasteiger partial charge in [0, 0.05) is 26.2 Å². The SMILES string of the molecule is O=C(NCc1ccc(CN2CCCCCC2)cc1)C1CCCN(Cc2ccccc2)C1. The minimum atomic E-state index is 0.0970. The third kappa shape index (κ3) is 6.91. The normalized spacial score (nSPS) is 20.8. The lowest BCUT2D eigenvalue weighted by molar-refractivity contribution is -0.126. The van der Waals surface area contributed by atoms with E-state index in [0.29, 0.717) is 6.54 Å². The van der Waals surface area contributed by atoms with Crippen LogP contribution in [0.2, 0.25) is 0 Å². The average molecular weight is 420 g/mol. The topological polar surface area (TPSA) is 35.6 Å². The van der Waals surface area contributed by atoms with E-state index in [1.807, 2.05) is 0 Å². The lowest BCUT2D eigenvalue weighted by Crippen LogP contribution is -2.42. The molecular formula is C27H37N3O. The summed E-state index contributed by atoms with van der Waals surface area (Å²) < 4.78 is 0. The molecule has 0 spiro atoms. The molecule has 0 aliphatic carbocycles. The molecule has 2 aliphatic heterocycles. The van der Waals surface area contributed by atoms with Crippen molar-refractivity contribution in [2.24, 2.45) is 5.92 Å². The molecule has 31 heavy (non-hydrogen) atoms. The summed E-state index contributed by atoms with van der Waals surface area (Å²) in [4.78, 5) is 17.8. The summed E-state index contributed by atoms with van der Waals surface area (Å²) in [6.07, 6.45) is 7.49. The Bertz CT molecular complexity index is 797. The highest BCUT2D eigenvalue weighted by Crippen LogP contribution is 2.19. The molecule has 0 bridgehead atoms. The van der Waals surface area contributed by atoms with Crippen molar-refractivity contribution >= 4 is 5.91 Å². The predicted octanol–water partition coefficient (Wildman–Crippen LogP) is 4.59. The minimum absolute atomic E-state index is 0.0970. The van der Waals surface area contributed by atoms with Crippen LogP contribution in [0.4, 0.5) is 0 Å². The Kier molecular flexibility index (Phi) is 8.14. The van der Waals surface area contributed by atoms with Gasteiger partial charge in [-0.2, -0.15) is 0 Å². The first-order valence-electron chi connectivity index (χ1n) is 12.1. The van der Waals surface area contributed by atoms with E-state index in [2.05, 4.69) is 69.7 Å². The van der Waals surface area contributed by atoms with Crippen LogP contribution in [-0.4, -0.2) is 41.9 Å². The Hall–Kier alpha value is -2.17. The number of piperidine rings is 1. The van der Waals surface area contributed by atoms with E-state index in [4.69, 9.17) is 0 Å². The molecule has 1 amide bonds. The summed E-state index contributed by atoms with van der Waals surface area (Å²) in [5.41, 5.74) is 3.88. The Morgan fingerprint density at radius 1 is 0.742 bits per heavy atom. The fourth-order valence-corrected chi connectivity index (χ4v) is 4.90. The number of likely N-dealkylation sites (tertiary alicyclic amines) is 2. The van der Waals surface area contributed by atoms with Gasteiger partial charge in [0.1, 0.15) is 0 Å². The van der Waals surface area contributed by atoms with Crippen LogP contribution in [0, 0.1) is 5.92 Å². The lowest BCUT2D eigenvalue weighted by atomic mass is 9.96. The van der Waals surface area contributed by atoms with Gasteiger partial charge in [0.2, 0.25) is 5.91 Å². The molecule has 2 aromatic rings. The Morgan fingerprint density at radius 2 is 1.35 bits per heavy atom. The number of hydrogen-bond acceptors (Lipinski definition) is 3. The molecule has 1 atom stereocenters. The molecule has 0 saturated carbocycles. The Morgan fingerprint density at radius 3 is 2.10 bits per heavy atom.